The minimum atomic E-state index is -0.0338. The molecule has 0 saturated heterocycles. The van der Waals surface area contributed by atoms with Gasteiger partial charge in [0.25, 0.3) is 5.91 Å². The third-order valence-electron chi connectivity index (χ3n) is 6.61. The minimum Gasteiger partial charge on any atom is -0.351 e. The number of hydrogen-bond donors (Lipinski definition) is 1. The van der Waals surface area contributed by atoms with E-state index in [0.717, 1.165) is 12.0 Å². The van der Waals surface area contributed by atoms with Crippen molar-refractivity contribution in [2.45, 2.75) is 40.2 Å². The number of nitrogens with zero attached hydrogens (tertiary/aromatic N) is 2. The zero-order valence-corrected chi connectivity index (χ0v) is 19.6. The lowest BCUT2D eigenvalue weighted by Gasteiger charge is -2.37. The van der Waals surface area contributed by atoms with E-state index in [0.29, 0.717) is 36.9 Å². The number of rotatable bonds is 8. The normalized spacial score (nSPS) is 20.5. The van der Waals surface area contributed by atoms with Gasteiger partial charge in [-0.1, -0.05) is 49.8 Å². The second-order valence-corrected chi connectivity index (χ2v) is 9.31. The van der Waals surface area contributed by atoms with Crippen LogP contribution in [0.4, 0.5) is 0 Å². The van der Waals surface area contributed by atoms with E-state index >= 15 is 0 Å². The Morgan fingerprint density at radius 1 is 1.16 bits per heavy atom. The molecule has 0 spiro atoms. The lowest BCUT2D eigenvalue weighted by molar-refractivity contribution is -0.131. The molecule has 3 rings (SSSR count). The third kappa shape index (κ3) is 6.28. The van der Waals surface area contributed by atoms with E-state index in [1.807, 2.05) is 49.5 Å². The Morgan fingerprint density at radius 3 is 2.56 bits per heavy atom. The molecule has 3 atom stereocenters. The van der Waals surface area contributed by atoms with E-state index in [-0.39, 0.29) is 23.7 Å². The molecule has 5 heteroatoms. The van der Waals surface area contributed by atoms with Gasteiger partial charge in [-0.25, -0.2) is 0 Å². The van der Waals surface area contributed by atoms with E-state index in [1.54, 1.807) is 17.3 Å². The summed E-state index contributed by atoms with van der Waals surface area (Å²) < 4.78 is 0. The van der Waals surface area contributed by atoms with Crippen molar-refractivity contribution in [3.05, 3.63) is 77.6 Å². The number of hydrogen-bond acceptors (Lipinski definition) is 3. The summed E-state index contributed by atoms with van der Waals surface area (Å²) in [5.41, 5.74) is 2.97. The highest BCUT2D eigenvalue weighted by Crippen LogP contribution is 2.39. The van der Waals surface area contributed by atoms with Crippen LogP contribution >= 0.6 is 0 Å². The van der Waals surface area contributed by atoms with Gasteiger partial charge in [-0.15, -0.1) is 0 Å². The zero-order valence-electron chi connectivity index (χ0n) is 19.6. The highest BCUT2D eigenvalue weighted by Gasteiger charge is 2.33. The van der Waals surface area contributed by atoms with E-state index in [2.05, 4.69) is 37.1 Å². The first-order chi connectivity index (χ1) is 15.3. The Labute approximate surface area is 191 Å². The monoisotopic (exact) mass is 433 g/mol. The van der Waals surface area contributed by atoms with Gasteiger partial charge in [0.15, 0.2) is 0 Å². The number of aromatic nitrogens is 1. The Morgan fingerprint density at radius 2 is 1.91 bits per heavy atom. The molecule has 2 aromatic rings. The van der Waals surface area contributed by atoms with Crippen molar-refractivity contribution in [3.8, 4) is 0 Å². The SMILES string of the molecule is CC1=CC(CNC(=O)c2ccccc2)C(C(C)C)CC1CC(=O)N(C)Cc1cccnc1. The number of allylic oxidation sites excluding steroid dienone is 1. The summed E-state index contributed by atoms with van der Waals surface area (Å²) >= 11 is 0. The summed E-state index contributed by atoms with van der Waals surface area (Å²) in [6.07, 6.45) is 7.33. The van der Waals surface area contributed by atoms with Gasteiger partial charge in [0, 0.05) is 44.5 Å². The van der Waals surface area contributed by atoms with Gasteiger partial charge >= 0.3 is 0 Å². The first-order valence-corrected chi connectivity index (χ1v) is 11.5. The lowest BCUT2D eigenvalue weighted by Crippen LogP contribution is -2.38. The van der Waals surface area contributed by atoms with Crippen LogP contribution < -0.4 is 5.32 Å². The molecule has 1 aromatic carbocycles. The molecule has 5 nitrogen and oxygen atoms in total. The summed E-state index contributed by atoms with van der Waals surface area (Å²) in [4.78, 5) is 31.3. The topological polar surface area (TPSA) is 62.3 Å². The second kappa shape index (κ2) is 11.1. The van der Waals surface area contributed by atoms with E-state index in [1.165, 1.54) is 5.57 Å². The van der Waals surface area contributed by atoms with Crippen molar-refractivity contribution in [2.75, 3.05) is 13.6 Å². The predicted molar refractivity (Wildman–Crippen MR) is 128 cm³/mol. The largest absolute Gasteiger partial charge is 0.351 e. The lowest BCUT2D eigenvalue weighted by atomic mass is 9.69. The van der Waals surface area contributed by atoms with Crippen LogP contribution in [-0.4, -0.2) is 35.3 Å². The molecule has 1 aliphatic carbocycles. The number of benzene rings is 1. The summed E-state index contributed by atoms with van der Waals surface area (Å²) in [7, 11) is 1.86. The van der Waals surface area contributed by atoms with E-state index < -0.39 is 0 Å². The first-order valence-electron chi connectivity index (χ1n) is 11.5. The molecular formula is C27H35N3O2. The maximum absolute atomic E-state index is 12.9. The number of nitrogens with one attached hydrogen (secondary N) is 1. The molecule has 0 radical (unpaired) electrons. The Hall–Kier alpha value is -2.95. The molecule has 170 valence electrons. The summed E-state index contributed by atoms with van der Waals surface area (Å²) in [6, 6.07) is 13.2. The van der Waals surface area contributed by atoms with Gasteiger partial charge in [-0.2, -0.15) is 0 Å². The fourth-order valence-electron chi connectivity index (χ4n) is 4.63. The maximum atomic E-state index is 12.9. The Kier molecular flexibility index (Phi) is 8.20. The van der Waals surface area contributed by atoms with Crippen LogP contribution in [0.5, 0.6) is 0 Å². The van der Waals surface area contributed by atoms with Crippen LogP contribution in [0.3, 0.4) is 0 Å². The van der Waals surface area contributed by atoms with Gasteiger partial charge in [-0.05, 0) is 60.8 Å². The fraction of sp³-hybridized carbons (Fsp3) is 0.444. The van der Waals surface area contributed by atoms with Crippen molar-refractivity contribution in [3.63, 3.8) is 0 Å². The Balaban J connectivity index is 1.61. The molecule has 0 fully saturated rings. The van der Waals surface area contributed by atoms with Crippen LogP contribution in [0.1, 0.15) is 49.5 Å². The van der Waals surface area contributed by atoms with Crippen LogP contribution in [0.15, 0.2) is 66.5 Å². The van der Waals surface area contributed by atoms with Gasteiger partial charge in [0.05, 0.1) is 0 Å². The average molecular weight is 434 g/mol. The van der Waals surface area contributed by atoms with Crippen molar-refractivity contribution < 1.29 is 9.59 Å². The second-order valence-electron chi connectivity index (χ2n) is 9.31. The number of carbonyl (C=O) groups is 2. The van der Waals surface area contributed by atoms with Crippen LogP contribution in [-0.2, 0) is 11.3 Å². The molecule has 0 saturated carbocycles. The van der Waals surface area contributed by atoms with Crippen LogP contribution in [0.25, 0.3) is 0 Å². The average Bonchev–Trinajstić information content (AvgIpc) is 2.79. The van der Waals surface area contributed by atoms with Crippen molar-refractivity contribution in [1.82, 2.24) is 15.2 Å². The molecule has 2 amide bonds. The molecule has 1 aliphatic rings. The van der Waals surface area contributed by atoms with Crippen LogP contribution in [0.2, 0.25) is 0 Å². The van der Waals surface area contributed by atoms with Crippen molar-refractivity contribution >= 4 is 11.8 Å². The van der Waals surface area contributed by atoms with E-state index in [9.17, 15) is 9.59 Å². The number of pyridine rings is 1. The third-order valence-corrected chi connectivity index (χ3v) is 6.61. The standard InChI is InChI=1S/C27H35N3O2/c1-19(2)25-14-23(15-26(31)30(4)18-21-9-8-12-28-16-21)20(3)13-24(25)17-29-27(32)22-10-6-5-7-11-22/h5-13,16,19,23-25H,14-15,17-18H2,1-4H3,(H,29,32). The molecule has 1 N–H and O–H groups in total. The fourth-order valence-corrected chi connectivity index (χ4v) is 4.63. The Bertz CT molecular complexity index is 924. The first kappa shape index (κ1) is 23.7. The summed E-state index contributed by atoms with van der Waals surface area (Å²) in [5, 5.41) is 3.11. The molecule has 0 bridgehead atoms. The molecule has 1 aromatic heterocycles. The van der Waals surface area contributed by atoms with E-state index in [4.69, 9.17) is 0 Å². The quantitative estimate of drug-likeness (QED) is 0.613. The van der Waals surface area contributed by atoms with Gasteiger partial charge in [-0.3, -0.25) is 14.6 Å². The van der Waals surface area contributed by atoms with Gasteiger partial charge in [0.1, 0.15) is 0 Å². The highest BCUT2D eigenvalue weighted by atomic mass is 16.2. The highest BCUT2D eigenvalue weighted by molar-refractivity contribution is 5.94. The van der Waals surface area contributed by atoms with Gasteiger partial charge in [0.2, 0.25) is 5.91 Å². The smallest absolute Gasteiger partial charge is 0.251 e. The van der Waals surface area contributed by atoms with Gasteiger partial charge < -0.3 is 10.2 Å². The molecule has 32 heavy (non-hydrogen) atoms. The molecule has 1 heterocycles. The number of amides is 2. The van der Waals surface area contributed by atoms with Crippen LogP contribution in [0, 0.1) is 23.7 Å². The van der Waals surface area contributed by atoms with Crippen molar-refractivity contribution in [2.24, 2.45) is 23.7 Å². The maximum Gasteiger partial charge on any atom is 0.251 e. The minimum absolute atomic E-state index is 0.0338. The number of carbonyl (C=O) groups excluding carboxylic acids is 2. The van der Waals surface area contributed by atoms with Crippen molar-refractivity contribution in [1.29, 1.82) is 0 Å². The molecule has 3 unspecified atom stereocenters. The molecular weight excluding hydrogens is 398 g/mol. The summed E-state index contributed by atoms with van der Waals surface area (Å²) in [5.74, 6) is 1.55. The zero-order chi connectivity index (χ0) is 23.1. The predicted octanol–water partition coefficient (Wildman–Crippen LogP) is 4.71. The molecule has 0 aliphatic heterocycles. The summed E-state index contributed by atoms with van der Waals surface area (Å²) in [6.45, 7) is 7.79.